The molecule has 0 bridgehead atoms. The first kappa shape index (κ1) is 11.1. The van der Waals surface area contributed by atoms with Crippen molar-refractivity contribution in [1.82, 2.24) is 4.98 Å². The molecule has 0 radical (unpaired) electrons. The highest BCUT2D eigenvalue weighted by molar-refractivity contribution is 7.20. The minimum Gasteiger partial charge on any atom is -0.286 e. The number of hydrogen-bond acceptors (Lipinski definition) is 3. The second kappa shape index (κ2) is 4.35. The molecule has 0 aliphatic heterocycles. The molecule has 0 saturated carbocycles. The summed E-state index contributed by atoms with van der Waals surface area (Å²) < 4.78 is 1.06. The molecule has 0 saturated heterocycles. The Morgan fingerprint density at radius 1 is 1.11 bits per heavy atom. The zero-order valence-corrected chi connectivity index (χ0v) is 10.7. The van der Waals surface area contributed by atoms with Crippen LogP contribution in [0.3, 0.4) is 0 Å². The average molecular weight is 253 g/mol. The summed E-state index contributed by atoms with van der Waals surface area (Å²) in [6.45, 7) is 2.04. The number of carbonyl (C=O) groups is 1. The Morgan fingerprint density at radius 3 is 2.67 bits per heavy atom. The first-order valence-electron chi connectivity index (χ1n) is 5.71. The number of benzene rings is 2. The van der Waals surface area contributed by atoms with Gasteiger partial charge in [-0.3, -0.25) is 4.79 Å². The maximum atomic E-state index is 12.2. The van der Waals surface area contributed by atoms with Crippen LogP contribution in [0, 0.1) is 6.92 Å². The van der Waals surface area contributed by atoms with E-state index < -0.39 is 0 Å². The molecule has 0 atom stereocenters. The maximum absolute atomic E-state index is 12.2. The molecule has 0 amide bonds. The normalized spacial score (nSPS) is 10.7. The van der Waals surface area contributed by atoms with E-state index in [1.165, 1.54) is 16.9 Å². The van der Waals surface area contributed by atoms with Crippen molar-refractivity contribution in [2.24, 2.45) is 0 Å². The molecule has 1 aromatic heterocycles. The highest BCUT2D eigenvalue weighted by Crippen LogP contribution is 2.24. The van der Waals surface area contributed by atoms with Gasteiger partial charge in [0.25, 0.3) is 0 Å². The van der Waals surface area contributed by atoms with Gasteiger partial charge in [0, 0.05) is 5.56 Å². The Balaban J connectivity index is 2.07. The minimum atomic E-state index is -0.00514. The standard InChI is InChI=1S/C15H11NOS/c1-10-7-8-12-13(9-10)18-15(16-12)14(17)11-5-3-2-4-6-11/h2-9H,1H3. The molecule has 0 unspecified atom stereocenters. The molecule has 1 heterocycles. The van der Waals surface area contributed by atoms with E-state index >= 15 is 0 Å². The highest BCUT2D eigenvalue weighted by Gasteiger charge is 2.13. The molecule has 3 aromatic rings. The predicted molar refractivity (Wildman–Crippen MR) is 74.2 cm³/mol. The van der Waals surface area contributed by atoms with Crippen LogP contribution in [0.2, 0.25) is 0 Å². The molecule has 0 aliphatic rings. The summed E-state index contributed by atoms with van der Waals surface area (Å²) in [5.74, 6) is -0.00514. The summed E-state index contributed by atoms with van der Waals surface area (Å²) in [5.41, 5.74) is 2.77. The van der Waals surface area contributed by atoms with Crippen molar-refractivity contribution >= 4 is 27.3 Å². The number of ketones is 1. The summed E-state index contributed by atoms with van der Waals surface area (Å²) in [6, 6.07) is 15.3. The van der Waals surface area contributed by atoms with E-state index in [2.05, 4.69) is 11.1 Å². The largest absolute Gasteiger partial charge is 0.286 e. The van der Waals surface area contributed by atoms with Gasteiger partial charge in [0.05, 0.1) is 10.2 Å². The number of aromatic nitrogens is 1. The minimum absolute atomic E-state index is 0.00514. The van der Waals surface area contributed by atoms with Gasteiger partial charge in [-0.15, -0.1) is 11.3 Å². The SMILES string of the molecule is Cc1ccc2nc(C(=O)c3ccccc3)sc2c1. The van der Waals surface area contributed by atoms with Crippen LogP contribution < -0.4 is 0 Å². The van der Waals surface area contributed by atoms with Gasteiger partial charge in [-0.1, -0.05) is 36.4 Å². The van der Waals surface area contributed by atoms with Gasteiger partial charge < -0.3 is 0 Å². The van der Waals surface area contributed by atoms with Crippen LogP contribution >= 0.6 is 11.3 Å². The third kappa shape index (κ3) is 1.93. The highest BCUT2D eigenvalue weighted by atomic mass is 32.1. The van der Waals surface area contributed by atoms with Gasteiger partial charge in [-0.25, -0.2) is 4.98 Å². The van der Waals surface area contributed by atoms with E-state index in [1.807, 2.05) is 49.4 Å². The molecule has 2 nitrogen and oxygen atoms in total. The van der Waals surface area contributed by atoms with Crippen LogP contribution in [0.25, 0.3) is 10.2 Å². The monoisotopic (exact) mass is 253 g/mol. The zero-order chi connectivity index (χ0) is 12.5. The van der Waals surface area contributed by atoms with Crippen molar-refractivity contribution in [3.05, 3.63) is 64.7 Å². The number of hydrogen-bond donors (Lipinski definition) is 0. The summed E-state index contributed by atoms with van der Waals surface area (Å²) in [6.07, 6.45) is 0. The molecule has 0 spiro atoms. The lowest BCUT2D eigenvalue weighted by atomic mass is 10.1. The van der Waals surface area contributed by atoms with Gasteiger partial charge in [0.15, 0.2) is 5.01 Å². The van der Waals surface area contributed by atoms with Crippen molar-refractivity contribution in [1.29, 1.82) is 0 Å². The number of fused-ring (bicyclic) bond motifs is 1. The Morgan fingerprint density at radius 2 is 1.89 bits per heavy atom. The fraction of sp³-hybridized carbons (Fsp3) is 0.0667. The second-order valence-corrected chi connectivity index (χ2v) is 5.22. The molecule has 3 rings (SSSR count). The molecule has 3 heteroatoms. The van der Waals surface area contributed by atoms with Gasteiger partial charge in [0.1, 0.15) is 0 Å². The predicted octanol–water partition coefficient (Wildman–Crippen LogP) is 3.84. The van der Waals surface area contributed by atoms with E-state index in [9.17, 15) is 4.79 Å². The van der Waals surface area contributed by atoms with Crippen LogP contribution in [-0.4, -0.2) is 10.8 Å². The van der Waals surface area contributed by atoms with Crippen molar-refractivity contribution in [3.63, 3.8) is 0 Å². The van der Waals surface area contributed by atoms with Crippen LogP contribution in [0.1, 0.15) is 20.9 Å². The Hall–Kier alpha value is -2.00. The van der Waals surface area contributed by atoms with Crippen molar-refractivity contribution in [2.75, 3.05) is 0 Å². The number of nitrogens with zero attached hydrogens (tertiary/aromatic N) is 1. The molecule has 18 heavy (non-hydrogen) atoms. The summed E-state index contributed by atoms with van der Waals surface area (Å²) in [5, 5.41) is 0.557. The topological polar surface area (TPSA) is 30.0 Å². The van der Waals surface area contributed by atoms with Gasteiger partial charge in [0.2, 0.25) is 5.78 Å². The number of carbonyl (C=O) groups excluding carboxylic acids is 1. The van der Waals surface area contributed by atoms with Gasteiger partial charge in [-0.2, -0.15) is 0 Å². The quantitative estimate of drug-likeness (QED) is 0.649. The lowest BCUT2D eigenvalue weighted by molar-refractivity contribution is 0.103. The molecular weight excluding hydrogens is 242 g/mol. The third-order valence-corrected chi connectivity index (χ3v) is 3.79. The Kier molecular flexibility index (Phi) is 2.68. The number of aryl methyl sites for hydroxylation is 1. The van der Waals surface area contributed by atoms with E-state index in [-0.39, 0.29) is 5.78 Å². The molecule has 0 N–H and O–H groups in total. The second-order valence-electron chi connectivity index (χ2n) is 4.19. The molecule has 2 aromatic carbocycles. The van der Waals surface area contributed by atoms with Gasteiger partial charge >= 0.3 is 0 Å². The fourth-order valence-electron chi connectivity index (χ4n) is 1.84. The van der Waals surface area contributed by atoms with Crippen LogP contribution in [0.15, 0.2) is 48.5 Å². The molecule has 0 aliphatic carbocycles. The Labute approximate surface area is 109 Å². The molecule has 0 fully saturated rings. The third-order valence-electron chi connectivity index (χ3n) is 2.77. The van der Waals surface area contributed by atoms with Gasteiger partial charge in [-0.05, 0) is 24.6 Å². The average Bonchev–Trinajstić information content (AvgIpc) is 2.81. The van der Waals surface area contributed by atoms with E-state index in [0.29, 0.717) is 10.6 Å². The Bertz CT molecular complexity index is 716. The lowest BCUT2D eigenvalue weighted by Gasteiger charge is -1.94. The van der Waals surface area contributed by atoms with E-state index in [1.54, 1.807) is 0 Å². The maximum Gasteiger partial charge on any atom is 0.221 e. The van der Waals surface area contributed by atoms with E-state index in [4.69, 9.17) is 0 Å². The van der Waals surface area contributed by atoms with Crippen molar-refractivity contribution < 1.29 is 4.79 Å². The molecular formula is C15H11NOS. The van der Waals surface area contributed by atoms with Crippen LogP contribution in [-0.2, 0) is 0 Å². The smallest absolute Gasteiger partial charge is 0.221 e. The lowest BCUT2D eigenvalue weighted by Crippen LogP contribution is -1.99. The fourth-order valence-corrected chi connectivity index (χ4v) is 2.87. The van der Waals surface area contributed by atoms with Crippen molar-refractivity contribution in [2.45, 2.75) is 6.92 Å². The van der Waals surface area contributed by atoms with E-state index in [0.717, 1.165) is 10.2 Å². The summed E-state index contributed by atoms with van der Waals surface area (Å²) >= 11 is 1.45. The zero-order valence-electron chi connectivity index (χ0n) is 9.88. The summed E-state index contributed by atoms with van der Waals surface area (Å²) in [7, 11) is 0. The first-order valence-corrected chi connectivity index (χ1v) is 6.52. The number of thiazole rings is 1. The van der Waals surface area contributed by atoms with Crippen molar-refractivity contribution in [3.8, 4) is 0 Å². The summed E-state index contributed by atoms with van der Waals surface area (Å²) in [4.78, 5) is 16.6. The van der Waals surface area contributed by atoms with Crippen LogP contribution in [0.5, 0.6) is 0 Å². The molecule has 88 valence electrons. The van der Waals surface area contributed by atoms with Crippen LogP contribution in [0.4, 0.5) is 0 Å². The number of rotatable bonds is 2. The first-order chi connectivity index (χ1) is 8.74.